The van der Waals surface area contributed by atoms with Gasteiger partial charge >= 0.3 is 0 Å². The highest BCUT2D eigenvalue weighted by molar-refractivity contribution is 9.10. The van der Waals surface area contributed by atoms with Gasteiger partial charge in [0.25, 0.3) is 0 Å². The van der Waals surface area contributed by atoms with E-state index in [2.05, 4.69) is 45.6 Å². The summed E-state index contributed by atoms with van der Waals surface area (Å²) in [4.78, 5) is 12.1. The molecule has 0 fully saturated rings. The van der Waals surface area contributed by atoms with E-state index >= 15 is 0 Å². The highest BCUT2D eigenvalue weighted by Crippen LogP contribution is 2.19. The van der Waals surface area contributed by atoms with Crippen molar-refractivity contribution >= 4 is 27.5 Å². The van der Waals surface area contributed by atoms with Crippen molar-refractivity contribution in [2.75, 3.05) is 19.0 Å². The van der Waals surface area contributed by atoms with Gasteiger partial charge in [-0.2, -0.15) is 0 Å². The first-order valence-corrected chi connectivity index (χ1v) is 8.34. The summed E-state index contributed by atoms with van der Waals surface area (Å²) in [5.41, 5.74) is 1.93. The number of halogens is 1. The molecule has 122 valence electrons. The number of nitrogens with one attached hydrogen (secondary N) is 2. The normalized spacial score (nSPS) is 11.8. The average Bonchev–Trinajstić information content (AvgIpc) is 2.57. The second-order valence-corrected chi connectivity index (χ2v) is 6.09. The molecule has 0 saturated carbocycles. The minimum Gasteiger partial charge on any atom is -0.497 e. The largest absolute Gasteiger partial charge is 0.497 e. The van der Waals surface area contributed by atoms with E-state index < -0.39 is 0 Å². The Bertz CT molecular complexity index is 626. The Kier molecular flexibility index (Phi) is 6.62. The predicted octanol–water partition coefficient (Wildman–Crippen LogP) is 4.14. The summed E-state index contributed by atoms with van der Waals surface area (Å²) < 4.78 is 6.15. The topological polar surface area (TPSA) is 50.4 Å². The van der Waals surface area contributed by atoms with Gasteiger partial charge in [0.2, 0.25) is 5.91 Å². The smallest absolute Gasteiger partial charge is 0.238 e. The Labute approximate surface area is 145 Å². The summed E-state index contributed by atoms with van der Waals surface area (Å²) in [5, 5.41) is 6.16. The van der Waals surface area contributed by atoms with E-state index in [1.54, 1.807) is 7.11 Å². The van der Waals surface area contributed by atoms with Crippen LogP contribution in [-0.2, 0) is 4.79 Å². The van der Waals surface area contributed by atoms with Gasteiger partial charge in [0.1, 0.15) is 5.75 Å². The molecule has 23 heavy (non-hydrogen) atoms. The summed E-state index contributed by atoms with van der Waals surface area (Å²) in [6.45, 7) is 2.36. The highest BCUT2D eigenvalue weighted by atomic mass is 79.9. The van der Waals surface area contributed by atoms with Crippen molar-refractivity contribution in [1.29, 1.82) is 0 Å². The maximum absolute atomic E-state index is 12.1. The van der Waals surface area contributed by atoms with Gasteiger partial charge in [-0.05, 0) is 48.4 Å². The van der Waals surface area contributed by atoms with Crippen LogP contribution < -0.4 is 15.4 Å². The number of methoxy groups -OCH3 is 1. The number of hydrogen-bond acceptors (Lipinski definition) is 3. The molecule has 0 spiro atoms. The van der Waals surface area contributed by atoms with E-state index in [4.69, 9.17) is 4.74 Å². The number of ether oxygens (including phenoxy) is 1. The molecule has 0 bridgehead atoms. The number of rotatable bonds is 7. The van der Waals surface area contributed by atoms with Gasteiger partial charge in [-0.25, -0.2) is 0 Å². The number of anilines is 1. The van der Waals surface area contributed by atoms with Gasteiger partial charge in [0, 0.05) is 16.2 Å². The third-order valence-electron chi connectivity index (χ3n) is 3.56. The first-order valence-electron chi connectivity index (χ1n) is 7.55. The van der Waals surface area contributed by atoms with Crippen LogP contribution in [0.4, 0.5) is 5.69 Å². The number of benzene rings is 2. The molecule has 4 nitrogen and oxygen atoms in total. The van der Waals surface area contributed by atoms with E-state index in [1.165, 1.54) is 5.56 Å². The highest BCUT2D eigenvalue weighted by Gasteiger charge is 2.11. The lowest BCUT2D eigenvalue weighted by Gasteiger charge is -2.17. The van der Waals surface area contributed by atoms with Crippen molar-refractivity contribution in [2.45, 2.75) is 19.4 Å². The fourth-order valence-corrected chi connectivity index (χ4v) is 2.55. The lowest BCUT2D eigenvalue weighted by atomic mass is 10.0. The minimum absolute atomic E-state index is 0.0641. The monoisotopic (exact) mass is 376 g/mol. The second kappa shape index (κ2) is 8.70. The third kappa shape index (κ3) is 5.37. The van der Waals surface area contributed by atoms with Gasteiger partial charge in [0.15, 0.2) is 0 Å². The molecule has 5 heteroatoms. The molecule has 0 aliphatic heterocycles. The molecule has 0 aromatic heterocycles. The number of carbonyl (C=O) groups is 1. The van der Waals surface area contributed by atoms with Crippen LogP contribution in [0, 0.1) is 0 Å². The van der Waals surface area contributed by atoms with Crippen LogP contribution in [0.3, 0.4) is 0 Å². The van der Waals surface area contributed by atoms with Gasteiger partial charge in [0.05, 0.1) is 13.7 Å². The lowest BCUT2D eigenvalue weighted by Crippen LogP contribution is -2.31. The maximum atomic E-state index is 12.1. The molecular formula is C18H21BrN2O2. The summed E-state index contributed by atoms with van der Waals surface area (Å²) in [7, 11) is 1.62. The first kappa shape index (κ1) is 17.5. The van der Waals surface area contributed by atoms with E-state index in [9.17, 15) is 4.79 Å². The van der Waals surface area contributed by atoms with Crippen molar-refractivity contribution < 1.29 is 9.53 Å². The Morgan fingerprint density at radius 1 is 1.13 bits per heavy atom. The van der Waals surface area contributed by atoms with Gasteiger partial charge in [-0.1, -0.05) is 35.0 Å². The van der Waals surface area contributed by atoms with E-state index in [0.717, 1.165) is 22.3 Å². The molecule has 0 unspecified atom stereocenters. The SMILES string of the molecule is CC[C@@H](NCC(=O)Nc1ccc(OC)cc1)c1ccc(Br)cc1. The van der Waals surface area contributed by atoms with Crippen LogP contribution in [-0.4, -0.2) is 19.6 Å². The van der Waals surface area contributed by atoms with E-state index in [0.29, 0.717) is 0 Å². The van der Waals surface area contributed by atoms with Gasteiger partial charge in [-0.3, -0.25) is 4.79 Å². The molecule has 2 N–H and O–H groups in total. The predicted molar refractivity (Wildman–Crippen MR) is 96.8 cm³/mol. The van der Waals surface area contributed by atoms with Crippen molar-refractivity contribution in [1.82, 2.24) is 5.32 Å². The Balaban J connectivity index is 1.87. The quantitative estimate of drug-likeness (QED) is 0.763. The fourth-order valence-electron chi connectivity index (χ4n) is 2.29. The number of carbonyl (C=O) groups excluding carboxylic acids is 1. The second-order valence-electron chi connectivity index (χ2n) is 5.17. The van der Waals surface area contributed by atoms with E-state index in [1.807, 2.05) is 36.4 Å². The Morgan fingerprint density at radius 2 is 1.78 bits per heavy atom. The molecule has 2 rings (SSSR count). The summed E-state index contributed by atoms with van der Waals surface area (Å²) in [6, 6.07) is 15.6. The van der Waals surface area contributed by atoms with Crippen molar-refractivity contribution in [3.63, 3.8) is 0 Å². The van der Waals surface area contributed by atoms with Crippen LogP contribution in [0.15, 0.2) is 53.0 Å². The first-order chi connectivity index (χ1) is 11.1. The zero-order valence-corrected chi connectivity index (χ0v) is 14.9. The maximum Gasteiger partial charge on any atom is 0.238 e. The van der Waals surface area contributed by atoms with Gasteiger partial charge < -0.3 is 15.4 Å². The molecule has 0 radical (unpaired) electrons. The van der Waals surface area contributed by atoms with E-state index in [-0.39, 0.29) is 18.5 Å². The standard InChI is InChI=1S/C18H21BrN2O2/c1-3-17(13-4-6-14(19)7-5-13)20-12-18(22)21-15-8-10-16(23-2)11-9-15/h4-11,17,20H,3,12H2,1-2H3,(H,21,22)/t17-/m1/s1. The van der Waals surface area contributed by atoms with Crippen molar-refractivity contribution in [3.8, 4) is 5.75 Å². The van der Waals surface area contributed by atoms with Crippen LogP contribution >= 0.6 is 15.9 Å². The van der Waals surface area contributed by atoms with Crippen LogP contribution in [0.5, 0.6) is 5.75 Å². The number of amides is 1. The molecule has 1 atom stereocenters. The zero-order valence-electron chi connectivity index (χ0n) is 13.3. The fraction of sp³-hybridized carbons (Fsp3) is 0.278. The Hall–Kier alpha value is -1.85. The lowest BCUT2D eigenvalue weighted by molar-refractivity contribution is -0.115. The third-order valence-corrected chi connectivity index (χ3v) is 4.09. The van der Waals surface area contributed by atoms with Crippen LogP contribution in [0.2, 0.25) is 0 Å². The average molecular weight is 377 g/mol. The summed E-state index contributed by atoms with van der Waals surface area (Å²) in [5.74, 6) is 0.702. The molecule has 0 saturated heterocycles. The van der Waals surface area contributed by atoms with Crippen molar-refractivity contribution in [3.05, 3.63) is 58.6 Å². The number of hydrogen-bond donors (Lipinski definition) is 2. The van der Waals surface area contributed by atoms with Crippen LogP contribution in [0.1, 0.15) is 24.9 Å². The minimum atomic E-state index is -0.0641. The zero-order chi connectivity index (χ0) is 16.7. The molecule has 2 aromatic carbocycles. The Morgan fingerprint density at radius 3 is 2.35 bits per heavy atom. The molecule has 0 heterocycles. The summed E-state index contributed by atoms with van der Waals surface area (Å²) in [6.07, 6.45) is 0.914. The van der Waals surface area contributed by atoms with Gasteiger partial charge in [-0.15, -0.1) is 0 Å². The molecule has 0 aliphatic carbocycles. The molecule has 1 amide bonds. The molecule has 2 aromatic rings. The summed E-state index contributed by atoms with van der Waals surface area (Å²) >= 11 is 3.43. The molecular weight excluding hydrogens is 356 g/mol. The van der Waals surface area contributed by atoms with Crippen LogP contribution in [0.25, 0.3) is 0 Å². The molecule has 0 aliphatic rings. The van der Waals surface area contributed by atoms with Crippen molar-refractivity contribution in [2.24, 2.45) is 0 Å².